The zero-order valence-corrected chi connectivity index (χ0v) is 11.5. The van der Waals surface area contributed by atoms with E-state index in [1.54, 1.807) is 0 Å². The first-order valence-electron chi connectivity index (χ1n) is 7.46. The molecule has 1 aliphatic carbocycles. The number of hydrogen-bond acceptors (Lipinski definition) is 3. The van der Waals surface area contributed by atoms with Crippen molar-refractivity contribution in [1.29, 1.82) is 0 Å². The largest absolute Gasteiger partial charge is 0.493 e. The smallest absolute Gasteiger partial charge is 0.228 e. The minimum Gasteiger partial charge on any atom is -0.493 e. The van der Waals surface area contributed by atoms with Gasteiger partial charge in [-0.15, -0.1) is 0 Å². The molecule has 1 saturated carbocycles. The lowest BCUT2D eigenvalue weighted by Crippen LogP contribution is -2.47. The van der Waals surface area contributed by atoms with E-state index in [9.17, 15) is 9.90 Å². The molecular weight excluding hydrogens is 254 g/mol. The number of ether oxygens (including phenoxy) is 1. The van der Waals surface area contributed by atoms with Crippen molar-refractivity contribution in [2.24, 2.45) is 0 Å². The van der Waals surface area contributed by atoms with Crippen LogP contribution in [0.15, 0.2) is 24.3 Å². The fourth-order valence-corrected chi connectivity index (χ4v) is 3.18. The van der Waals surface area contributed by atoms with E-state index < -0.39 is 6.10 Å². The van der Waals surface area contributed by atoms with Crippen molar-refractivity contribution < 1.29 is 14.6 Å². The Morgan fingerprint density at radius 1 is 1.20 bits per heavy atom. The first kappa shape index (κ1) is 13.4. The highest BCUT2D eigenvalue weighted by Crippen LogP contribution is 2.33. The van der Waals surface area contributed by atoms with E-state index in [-0.39, 0.29) is 17.9 Å². The van der Waals surface area contributed by atoms with E-state index in [2.05, 4.69) is 5.32 Å². The van der Waals surface area contributed by atoms with E-state index in [0.29, 0.717) is 13.0 Å². The predicted molar refractivity (Wildman–Crippen MR) is 75.7 cm³/mol. The Labute approximate surface area is 119 Å². The number of aliphatic hydroxyl groups excluding tert-OH is 1. The molecule has 0 radical (unpaired) electrons. The lowest BCUT2D eigenvalue weighted by molar-refractivity contribution is -0.125. The van der Waals surface area contributed by atoms with E-state index in [4.69, 9.17) is 4.74 Å². The number of carbonyl (C=O) groups is 1. The topological polar surface area (TPSA) is 58.6 Å². The van der Waals surface area contributed by atoms with Gasteiger partial charge in [-0.3, -0.25) is 4.79 Å². The first-order chi connectivity index (χ1) is 9.75. The van der Waals surface area contributed by atoms with Crippen LogP contribution >= 0.6 is 0 Å². The fourth-order valence-electron chi connectivity index (χ4n) is 3.18. The molecule has 2 N–H and O–H groups in total. The van der Waals surface area contributed by atoms with E-state index >= 15 is 0 Å². The fraction of sp³-hybridized carbons (Fsp3) is 0.562. The summed E-state index contributed by atoms with van der Waals surface area (Å²) in [5, 5.41) is 13.0. The van der Waals surface area contributed by atoms with Crippen molar-refractivity contribution in [2.45, 2.75) is 50.2 Å². The molecule has 0 saturated heterocycles. The third-order valence-electron chi connectivity index (χ3n) is 4.33. The Bertz CT molecular complexity index is 488. The van der Waals surface area contributed by atoms with Crippen molar-refractivity contribution >= 4 is 5.91 Å². The van der Waals surface area contributed by atoms with Crippen LogP contribution < -0.4 is 10.1 Å². The van der Waals surface area contributed by atoms with Crippen LogP contribution in [0, 0.1) is 0 Å². The van der Waals surface area contributed by atoms with Crippen molar-refractivity contribution in [3.05, 3.63) is 29.8 Å². The molecule has 108 valence electrons. The molecule has 2 aliphatic rings. The molecule has 3 atom stereocenters. The molecule has 20 heavy (non-hydrogen) atoms. The van der Waals surface area contributed by atoms with Crippen molar-refractivity contribution in [2.75, 3.05) is 6.61 Å². The van der Waals surface area contributed by atoms with Crippen LogP contribution in [0.3, 0.4) is 0 Å². The van der Waals surface area contributed by atoms with Gasteiger partial charge in [0.25, 0.3) is 0 Å². The highest BCUT2D eigenvalue weighted by molar-refractivity contribution is 5.85. The van der Waals surface area contributed by atoms with Gasteiger partial charge in [0, 0.05) is 5.56 Å². The van der Waals surface area contributed by atoms with Crippen molar-refractivity contribution in [3.8, 4) is 5.75 Å². The van der Waals surface area contributed by atoms with Gasteiger partial charge >= 0.3 is 0 Å². The maximum Gasteiger partial charge on any atom is 0.228 e. The number of fused-ring (bicyclic) bond motifs is 1. The summed E-state index contributed by atoms with van der Waals surface area (Å²) in [6, 6.07) is 7.62. The number of para-hydroxylation sites is 1. The molecule has 1 aromatic carbocycles. The Balaban J connectivity index is 1.72. The number of aliphatic hydroxyl groups is 1. The Morgan fingerprint density at radius 2 is 2.00 bits per heavy atom. The number of benzene rings is 1. The second kappa shape index (κ2) is 5.83. The SMILES string of the molecule is O=C(N[C@@H]1CCCC[C@H]1O)C1CCOc2ccccc21. The molecule has 1 aromatic rings. The third-order valence-corrected chi connectivity index (χ3v) is 4.33. The standard InChI is InChI=1S/C16H21NO3/c18-14-7-3-2-6-13(14)17-16(19)12-9-10-20-15-8-4-1-5-11(12)15/h1,4-5,8,12-14,18H,2-3,6-7,9-10H2,(H,17,19)/t12?,13-,14-/m1/s1. The summed E-state index contributed by atoms with van der Waals surface area (Å²) in [5.41, 5.74) is 0.960. The summed E-state index contributed by atoms with van der Waals surface area (Å²) in [4.78, 5) is 12.5. The lowest BCUT2D eigenvalue weighted by atomic mass is 9.89. The van der Waals surface area contributed by atoms with Gasteiger partial charge in [0.2, 0.25) is 5.91 Å². The summed E-state index contributed by atoms with van der Waals surface area (Å²) < 4.78 is 5.59. The number of nitrogens with one attached hydrogen (secondary N) is 1. The zero-order chi connectivity index (χ0) is 13.9. The Kier molecular flexibility index (Phi) is 3.92. The van der Waals surface area contributed by atoms with Gasteiger partial charge in [-0.25, -0.2) is 0 Å². The molecule has 1 amide bonds. The van der Waals surface area contributed by atoms with Gasteiger partial charge in [-0.05, 0) is 25.3 Å². The quantitative estimate of drug-likeness (QED) is 0.867. The van der Waals surface area contributed by atoms with Crippen LogP contribution in [0.4, 0.5) is 0 Å². The molecule has 1 unspecified atom stereocenters. The molecule has 0 spiro atoms. The Morgan fingerprint density at radius 3 is 2.85 bits per heavy atom. The summed E-state index contributed by atoms with van der Waals surface area (Å²) in [7, 11) is 0. The van der Waals surface area contributed by atoms with E-state index in [1.165, 1.54) is 0 Å². The summed E-state index contributed by atoms with van der Waals surface area (Å²) >= 11 is 0. The summed E-state index contributed by atoms with van der Waals surface area (Å²) in [6.07, 6.45) is 4.08. The predicted octanol–water partition coefficient (Wildman–Crippen LogP) is 1.97. The number of rotatable bonds is 2. The molecule has 1 aliphatic heterocycles. The molecule has 4 heteroatoms. The van der Waals surface area contributed by atoms with Gasteiger partial charge in [0.05, 0.1) is 24.7 Å². The average molecular weight is 275 g/mol. The summed E-state index contributed by atoms with van der Waals surface area (Å²) in [6.45, 7) is 0.572. The molecule has 3 rings (SSSR count). The maximum absolute atomic E-state index is 12.5. The average Bonchev–Trinajstić information content (AvgIpc) is 2.49. The van der Waals surface area contributed by atoms with Gasteiger partial charge < -0.3 is 15.2 Å². The number of hydrogen-bond donors (Lipinski definition) is 2. The third kappa shape index (κ3) is 2.66. The van der Waals surface area contributed by atoms with Gasteiger partial charge in [0.1, 0.15) is 5.75 Å². The lowest BCUT2D eigenvalue weighted by Gasteiger charge is -2.31. The monoisotopic (exact) mass is 275 g/mol. The normalized spacial score (nSPS) is 29.1. The van der Waals surface area contributed by atoms with Crippen LogP contribution in [-0.2, 0) is 4.79 Å². The molecule has 1 heterocycles. The number of amides is 1. The molecule has 0 bridgehead atoms. The van der Waals surface area contributed by atoms with Crippen LogP contribution in [0.2, 0.25) is 0 Å². The van der Waals surface area contributed by atoms with Gasteiger partial charge in [0.15, 0.2) is 0 Å². The van der Waals surface area contributed by atoms with Crippen molar-refractivity contribution in [1.82, 2.24) is 5.32 Å². The van der Waals surface area contributed by atoms with Gasteiger partial charge in [-0.1, -0.05) is 31.0 Å². The maximum atomic E-state index is 12.5. The minimum absolute atomic E-state index is 0.0201. The highest BCUT2D eigenvalue weighted by atomic mass is 16.5. The van der Waals surface area contributed by atoms with Crippen LogP contribution in [0.1, 0.15) is 43.6 Å². The molecule has 1 fully saturated rings. The number of carbonyl (C=O) groups excluding carboxylic acids is 1. The van der Waals surface area contributed by atoms with Crippen molar-refractivity contribution in [3.63, 3.8) is 0 Å². The Hall–Kier alpha value is -1.55. The zero-order valence-electron chi connectivity index (χ0n) is 11.5. The van der Waals surface area contributed by atoms with Crippen LogP contribution in [-0.4, -0.2) is 29.8 Å². The van der Waals surface area contributed by atoms with Gasteiger partial charge in [-0.2, -0.15) is 0 Å². The second-order valence-corrected chi connectivity index (χ2v) is 5.69. The van der Waals surface area contributed by atoms with E-state index in [1.807, 2.05) is 24.3 Å². The minimum atomic E-state index is -0.400. The molecule has 0 aromatic heterocycles. The van der Waals surface area contributed by atoms with E-state index in [0.717, 1.165) is 37.0 Å². The highest BCUT2D eigenvalue weighted by Gasteiger charge is 2.31. The summed E-state index contributed by atoms with van der Waals surface area (Å²) in [5.74, 6) is 0.670. The molecular formula is C16H21NO3. The first-order valence-corrected chi connectivity index (χ1v) is 7.46. The molecule has 4 nitrogen and oxygen atoms in total. The van der Waals surface area contributed by atoms with Crippen LogP contribution in [0.5, 0.6) is 5.75 Å². The van der Waals surface area contributed by atoms with Crippen LogP contribution in [0.25, 0.3) is 0 Å². The second-order valence-electron chi connectivity index (χ2n) is 5.69.